The van der Waals surface area contributed by atoms with Gasteiger partial charge in [0.25, 0.3) is 0 Å². The van der Waals surface area contributed by atoms with Crippen LogP contribution in [0.25, 0.3) is 0 Å². The molecule has 2 rings (SSSR count). The zero-order valence-electron chi connectivity index (χ0n) is 19.2. The smallest absolute Gasteiger partial charge is 0.242 e. The average molecular weight is 549 g/mol. The van der Waals surface area contributed by atoms with Gasteiger partial charge in [-0.2, -0.15) is 0 Å². The van der Waals surface area contributed by atoms with Gasteiger partial charge in [0.2, 0.25) is 21.8 Å². The first-order chi connectivity index (χ1) is 15.9. The number of benzene rings is 2. The first kappa shape index (κ1) is 28.2. The van der Waals surface area contributed by atoms with E-state index in [1.807, 2.05) is 0 Å². The van der Waals surface area contributed by atoms with Crippen molar-refractivity contribution < 1.29 is 18.0 Å². The molecule has 2 amide bonds. The minimum absolute atomic E-state index is 0.0293. The Morgan fingerprint density at radius 1 is 1.06 bits per heavy atom. The molecule has 0 spiro atoms. The van der Waals surface area contributed by atoms with Crippen molar-refractivity contribution in [3.63, 3.8) is 0 Å². The molecule has 0 aliphatic rings. The summed E-state index contributed by atoms with van der Waals surface area (Å²) in [6.07, 6.45) is 1.37. The molecule has 186 valence electrons. The molecule has 0 fully saturated rings. The lowest BCUT2D eigenvalue weighted by Crippen LogP contribution is -2.47. The lowest BCUT2D eigenvalue weighted by Gasteiger charge is -2.29. The highest BCUT2D eigenvalue weighted by Crippen LogP contribution is 2.25. The summed E-state index contributed by atoms with van der Waals surface area (Å²) in [7, 11) is -3.59. The summed E-state index contributed by atoms with van der Waals surface area (Å²) in [6.45, 7) is 4.05. The van der Waals surface area contributed by atoms with Crippen molar-refractivity contribution >= 4 is 62.3 Å². The fourth-order valence-corrected chi connectivity index (χ4v) is 4.98. The van der Waals surface area contributed by atoms with E-state index in [2.05, 4.69) is 5.32 Å². The number of anilines is 1. The maximum Gasteiger partial charge on any atom is 0.242 e. The highest BCUT2D eigenvalue weighted by atomic mass is 35.5. The molecule has 1 N–H and O–H groups in total. The van der Waals surface area contributed by atoms with E-state index in [9.17, 15) is 18.0 Å². The molecule has 1 unspecified atom stereocenters. The largest absolute Gasteiger partial charge is 0.355 e. The van der Waals surface area contributed by atoms with Gasteiger partial charge in [-0.15, -0.1) is 0 Å². The number of amides is 2. The number of carbonyl (C=O) groups excluding carboxylic acids is 2. The van der Waals surface area contributed by atoms with Crippen LogP contribution in [0.5, 0.6) is 0 Å². The molecule has 1 atom stereocenters. The molecule has 0 bridgehead atoms. The Hall–Kier alpha value is -2.00. The van der Waals surface area contributed by atoms with Gasteiger partial charge < -0.3 is 10.2 Å². The van der Waals surface area contributed by atoms with E-state index in [4.69, 9.17) is 34.8 Å². The number of likely N-dealkylation sites (N-methyl/N-ethyl adjacent to an activating group) is 1. The molecular weight excluding hydrogens is 521 g/mol. The molecule has 0 saturated heterocycles. The predicted octanol–water partition coefficient (Wildman–Crippen LogP) is 4.75. The van der Waals surface area contributed by atoms with Crippen LogP contribution in [0.1, 0.15) is 32.3 Å². The predicted molar refractivity (Wildman–Crippen MR) is 138 cm³/mol. The summed E-state index contributed by atoms with van der Waals surface area (Å²) in [4.78, 5) is 27.1. The summed E-state index contributed by atoms with van der Waals surface area (Å²) in [5.41, 5.74) is 1.06. The number of hydrogen-bond donors (Lipinski definition) is 1. The van der Waals surface area contributed by atoms with Crippen LogP contribution in [0.4, 0.5) is 5.69 Å². The molecule has 0 heterocycles. The van der Waals surface area contributed by atoms with E-state index in [-0.39, 0.29) is 37.7 Å². The molecule has 0 aliphatic carbocycles. The number of sulfonamides is 1. The summed E-state index contributed by atoms with van der Waals surface area (Å²) in [6, 6.07) is 10.7. The summed E-state index contributed by atoms with van der Waals surface area (Å²) in [5.74, 6) is -0.595. The third kappa shape index (κ3) is 8.05. The summed E-state index contributed by atoms with van der Waals surface area (Å²) in [5, 5.41) is 3.98. The fourth-order valence-electron chi connectivity index (χ4n) is 3.37. The van der Waals surface area contributed by atoms with E-state index in [0.717, 1.165) is 6.26 Å². The Labute approximate surface area is 216 Å². The quantitative estimate of drug-likeness (QED) is 0.439. The molecular formula is C23H28Cl3N3O4S. The Balaban J connectivity index is 2.19. The Kier molecular flexibility index (Phi) is 10.5. The van der Waals surface area contributed by atoms with Gasteiger partial charge in [-0.05, 0) is 56.2 Å². The fraction of sp³-hybridized carbons (Fsp3) is 0.391. The Bertz CT molecular complexity index is 1130. The maximum absolute atomic E-state index is 13.2. The van der Waals surface area contributed by atoms with E-state index in [1.54, 1.807) is 56.3 Å². The Morgan fingerprint density at radius 3 is 2.32 bits per heavy atom. The Morgan fingerprint density at radius 2 is 1.74 bits per heavy atom. The molecule has 7 nitrogen and oxygen atoms in total. The van der Waals surface area contributed by atoms with E-state index in [0.29, 0.717) is 32.9 Å². The van der Waals surface area contributed by atoms with Crippen LogP contribution >= 0.6 is 34.8 Å². The van der Waals surface area contributed by atoms with Crippen LogP contribution in [0.3, 0.4) is 0 Å². The van der Waals surface area contributed by atoms with Crippen molar-refractivity contribution in [2.45, 2.75) is 39.3 Å². The van der Waals surface area contributed by atoms with Crippen molar-refractivity contribution in [1.29, 1.82) is 0 Å². The first-order valence-electron chi connectivity index (χ1n) is 10.7. The number of halogens is 3. The monoisotopic (exact) mass is 547 g/mol. The van der Waals surface area contributed by atoms with Crippen LogP contribution < -0.4 is 9.62 Å². The third-order valence-electron chi connectivity index (χ3n) is 5.12. The minimum Gasteiger partial charge on any atom is -0.355 e. The number of hydrogen-bond acceptors (Lipinski definition) is 4. The van der Waals surface area contributed by atoms with E-state index in [1.165, 1.54) is 9.21 Å². The lowest BCUT2D eigenvalue weighted by atomic mass is 10.1. The molecule has 11 heteroatoms. The number of nitrogens with one attached hydrogen (secondary N) is 1. The lowest BCUT2D eigenvalue weighted by molar-refractivity contribution is -0.140. The van der Waals surface area contributed by atoms with Crippen molar-refractivity contribution in [2.75, 3.05) is 23.7 Å². The molecule has 0 aromatic heterocycles. The zero-order chi connectivity index (χ0) is 25.5. The highest BCUT2D eigenvalue weighted by Gasteiger charge is 2.27. The zero-order valence-corrected chi connectivity index (χ0v) is 22.3. The molecule has 0 saturated carbocycles. The second-order valence-corrected chi connectivity index (χ2v) is 10.9. The van der Waals surface area contributed by atoms with Gasteiger partial charge in [0.05, 0.1) is 11.9 Å². The maximum atomic E-state index is 13.2. The average Bonchev–Trinajstić information content (AvgIpc) is 2.75. The summed E-state index contributed by atoms with van der Waals surface area (Å²) < 4.78 is 25.9. The van der Waals surface area contributed by atoms with Crippen molar-refractivity contribution in [3.8, 4) is 0 Å². The second-order valence-electron chi connectivity index (χ2n) is 7.75. The first-order valence-corrected chi connectivity index (χ1v) is 13.7. The van der Waals surface area contributed by atoms with Crippen molar-refractivity contribution in [3.05, 3.63) is 63.1 Å². The van der Waals surface area contributed by atoms with E-state index >= 15 is 0 Å². The van der Waals surface area contributed by atoms with Gasteiger partial charge in [0.1, 0.15) is 6.04 Å². The SMILES string of the molecule is CCNC(=O)C(C)N(Cc1ccc(Cl)cc1Cl)C(=O)CCCN(c1cccc(Cl)c1)S(C)(=O)=O. The van der Waals surface area contributed by atoms with E-state index < -0.39 is 16.1 Å². The standard InChI is InChI=1S/C23H28Cl3N3O4S/c1-4-27-23(31)16(2)28(15-17-10-11-19(25)14-21(17)26)22(30)9-6-12-29(34(3,32)33)20-8-5-7-18(24)13-20/h5,7-8,10-11,13-14,16H,4,6,9,12,15H2,1-3H3,(H,27,31). The van der Waals surface area contributed by atoms with Crippen LogP contribution in [0.2, 0.25) is 15.1 Å². The van der Waals surface area contributed by atoms with Gasteiger partial charge in [0, 0.05) is 41.1 Å². The molecule has 0 radical (unpaired) electrons. The molecule has 34 heavy (non-hydrogen) atoms. The van der Waals surface area contributed by atoms with Crippen LogP contribution in [-0.2, 0) is 26.2 Å². The topological polar surface area (TPSA) is 86.8 Å². The van der Waals surface area contributed by atoms with Crippen molar-refractivity contribution in [2.24, 2.45) is 0 Å². The minimum atomic E-state index is -3.59. The van der Waals surface area contributed by atoms with Gasteiger partial charge in [-0.25, -0.2) is 8.42 Å². The molecule has 0 aliphatic heterocycles. The third-order valence-corrected chi connectivity index (χ3v) is 7.14. The number of carbonyl (C=O) groups is 2. The normalized spacial score (nSPS) is 12.2. The molecule has 2 aromatic rings. The number of rotatable bonds is 11. The van der Waals surface area contributed by atoms with Crippen molar-refractivity contribution in [1.82, 2.24) is 10.2 Å². The highest BCUT2D eigenvalue weighted by molar-refractivity contribution is 7.92. The molecule has 2 aromatic carbocycles. The van der Waals surface area contributed by atoms with Crippen LogP contribution in [0, 0.1) is 0 Å². The van der Waals surface area contributed by atoms with Gasteiger partial charge in [0.15, 0.2) is 0 Å². The van der Waals surface area contributed by atoms with Gasteiger partial charge in [-0.3, -0.25) is 13.9 Å². The van der Waals surface area contributed by atoms with Crippen LogP contribution in [0.15, 0.2) is 42.5 Å². The number of nitrogens with zero attached hydrogens (tertiary/aromatic N) is 2. The van der Waals surface area contributed by atoms with Crippen LogP contribution in [-0.4, -0.2) is 50.5 Å². The second kappa shape index (κ2) is 12.6. The van der Waals surface area contributed by atoms with Gasteiger partial charge in [-0.1, -0.05) is 46.9 Å². The van der Waals surface area contributed by atoms with Gasteiger partial charge >= 0.3 is 0 Å². The summed E-state index contributed by atoms with van der Waals surface area (Å²) >= 11 is 18.3.